The monoisotopic (exact) mass is 353 g/mol. The Morgan fingerprint density at radius 1 is 1.12 bits per heavy atom. The van der Waals surface area contributed by atoms with Crippen molar-refractivity contribution >= 4 is 10.0 Å². The van der Waals surface area contributed by atoms with E-state index in [1.165, 1.54) is 0 Å². The van der Waals surface area contributed by atoms with E-state index in [1.807, 2.05) is 12.1 Å². The van der Waals surface area contributed by atoms with Crippen LogP contribution in [0.3, 0.4) is 0 Å². The minimum atomic E-state index is -3.46. The van der Waals surface area contributed by atoms with Crippen molar-refractivity contribution in [3.63, 3.8) is 0 Å². The van der Waals surface area contributed by atoms with Crippen LogP contribution in [0, 0.1) is 11.8 Å². The van der Waals surface area contributed by atoms with Crippen molar-refractivity contribution in [2.45, 2.75) is 57.5 Å². The number of rotatable bonds is 6. The Morgan fingerprint density at radius 2 is 1.75 bits per heavy atom. The van der Waals surface area contributed by atoms with Gasteiger partial charge >= 0.3 is 0 Å². The number of hydrogen-bond acceptors (Lipinski definition) is 3. The average Bonchev–Trinajstić information content (AvgIpc) is 2.53. The van der Waals surface area contributed by atoms with E-state index in [1.54, 1.807) is 23.5 Å². The van der Waals surface area contributed by atoms with Crippen molar-refractivity contribution in [1.29, 1.82) is 0 Å². The van der Waals surface area contributed by atoms with Crippen molar-refractivity contribution in [1.82, 2.24) is 4.31 Å². The average molecular weight is 354 g/mol. The second-order valence-electron chi connectivity index (χ2n) is 7.63. The lowest BCUT2D eigenvalue weighted by Crippen LogP contribution is -2.47. The van der Waals surface area contributed by atoms with Crippen LogP contribution >= 0.6 is 0 Å². The maximum Gasteiger partial charge on any atom is 0.243 e. The van der Waals surface area contributed by atoms with E-state index in [0.29, 0.717) is 35.7 Å². The Labute approximate surface area is 147 Å². The summed E-state index contributed by atoms with van der Waals surface area (Å²) < 4.78 is 33.2. The molecule has 0 amide bonds. The van der Waals surface area contributed by atoms with Gasteiger partial charge in [0.2, 0.25) is 10.0 Å². The Hall–Kier alpha value is -0.910. The molecule has 0 spiro atoms. The Bertz CT molecular complexity index is 623. The Balaban J connectivity index is 2.22. The first-order chi connectivity index (χ1) is 11.2. The maximum absolute atomic E-state index is 13.0. The van der Waals surface area contributed by atoms with Gasteiger partial charge in [0.25, 0.3) is 0 Å². The lowest BCUT2D eigenvalue weighted by molar-refractivity contribution is 0.0303. The molecule has 5 heteroatoms. The lowest BCUT2D eigenvalue weighted by atomic mass is 9.89. The molecule has 1 aliphatic heterocycles. The molecule has 1 saturated heterocycles. The molecule has 24 heavy (non-hydrogen) atoms. The van der Waals surface area contributed by atoms with Crippen molar-refractivity contribution in [2.24, 2.45) is 11.8 Å². The van der Waals surface area contributed by atoms with E-state index in [4.69, 9.17) is 4.74 Å². The third-order valence-electron chi connectivity index (χ3n) is 4.79. The van der Waals surface area contributed by atoms with E-state index >= 15 is 0 Å². The molecule has 2 atom stereocenters. The molecular weight excluding hydrogens is 322 g/mol. The molecule has 136 valence electrons. The van der Waals surface area contributed by atoms with Crippen molar-refractivity contribution < 1.29 is 13.2 Å². The third kappa shape index (κ3) is 4.58. The van der Waals surface area contributed by atoms with Crippen LogP contribution in [-0.2, 0) is 14.8 Å². The predicted octanol–water partition coefficient (Wildman–Crippen LogP) is 3.88. The van der Waals surface area contributed by atoms with Gasteiger partial charge in [-0.05, 0) is 48.3 Å². The molecule has 0 N–H and O–H groups in total. The second kappa shape index (κ2) is 7.98. The Morgan fingerprint density at radius 3 is 2.25 bits per heavy atom. The van der Waals surface area contributed by atoms with E-state index in [9.17, 15) is 8.42 Å². The fraction of sp³-hybridized carbons (Fsp3) is 0.684. The number of methoxy groups -OCH3 is 1. The number of hydrogen-bond donors (Lipinski definition) is 0. The summed E-state index contributed by atoms with van der Waals surface area (Å²) in [5.41, 5.74) is 1.15. The van der Waals surface area contributed by atoms with Crippen LogP contribution in [0.2, 0.25) is 0 Å². The van der Waals surface area contributed by atoms with Crippen LogP contribution in [-0.4, -0.2) is 39.0 Å². The van der Waals surface area contributed by atoms with Crippen LogP contribution in [0.25, 0.3) is 0 Å². The number of piperidine rings is 1. The minimum Gasteiger partial charge on any atom is -0.380 e. The summed E-state index contributed by atoms with van der Waals surface area (Å²) in [5, 5.41) is 0. The molecule has 0 aromatic heterocycles. The molecule has 1 heterocycles. The number of ether oxygens (including phenoxy) is 1. The van der Waals surface area contributed by atoms with E-state index in [-0.39, 0.29) is 6.10 Å². The molecule has 0 saturated carbocycles. The first kappa shape index (κ1) is 19.4. The highest BCUT2D eigenvalue weighted by atomic mass is 32.2. The zero-order chi connectivity index (χ0) is 17.9. The third-order valence-corrected chi connectivity index (χ3v) is 6.63. The van der Waals surface area contributed by atoms with Crippen LogP contribution in [0.4, 0.5) is 0 Å². The molecule has 0 radical (unpaired) electrons. The summed E-state index contributed by atoms with van der Waals surface area (Å²) in [6.07, 6.45) is 1.94. The standard InChI is InChI=1S/C19H31NO3S/c1-14(2)10-16-11-18(23-5)13-20(12-16)24(21,22)19-8-6-17(7-9-19)15(3)4/h6-9,14-16,18H,10-13H2,1-5H3. The molecule has 1 aliphatic rings. The van der Waals surface area contributed by atoms with E-state index in [2.05, 4.69) is 27.7 Å². The predicted molar refractivity (Wildman–Crippen MR) is 97.6 cm³/mol. The fourth-order valence-corrected chi connectivity index (χ4v) is 5.04. The minimum absolute atomic E-state index is 0.0211. The summed E-state index contributed by atoms with van der Waals surface area (Å²) in [7, 11) is -1.79. The van der Waals surface area contributed by atoms with Crippen molar-refractivity contribution in [3.8, 4) is 0 Å². The summed E-state index contributed by atoms with van der Waals surface area (Å²) >= 11 is 0. The smallest absolute Gasteiger partial charge is 0.243 e. The van der Waals surface area contributed by atoms with E-state index < -0.39 is 10.0 Å². The van der Waals surface area contributed by atoms with Crippen LogP contribution < -0.4 is 0 Å². The van der Waals surface area contributed by atoms with Crippen LogP contribution in [0.15, 0.2) is 29.2 Å². The fourth-order valence-electron chi connectivity index (χ4n) is 3.49. The largest absolute Gasteiger partial charge is 0.380 e. The Kier molecular flexibility index (Phi) is 6.46. The first-order valence-electron chi connectivity index (χ1n) is 8.87. The van der Waals surface area contributed by atoms with Gasteiger partial charge in [-0.2, -0.15) is 4.31 Å². The molecule has 4 nitrogen and oxygen atoms in total. The van der Waals surface area contributed by atoms with Gasteiger partial charge in [-0.3, -0.25) is 0 Å². The molecule has 1 aromatic carbocycles. The maximum atomic E-state index is 13.0. The zero-order valence-corrected chi connectivity index (χ0v) is 16.3. The SMILES string of the molecule is COC1CC(CC(C)C)CN(S(=O)(=O)c2ccc(C(C)C)cc2)C1. The quantitative estimate of drug-likeness (QED) is 0.780. The zero-order valence-electron chi connectivity index (χ0n) is 15.5. The summed E-state index contributed by atoms with van der Waals surface area (Å²) in [5.74, 6) is 1.30. The highest BCUT2D eigenvalue weighted by Crippen LogP contribution is 2.29. The number of sulfonamides is 1. The van der Waals surface area contributed by atoms with Gasteiger partial charge < -0.3 is 4.74 Å². The molecule has 0 bridgehead atoms. The highest BCUT2D eigenvalue weighted by Gasteiger charge is 2.35. The van der Waals surface area contributed by atoms with Gasteiger partial charge in [0.15, 0.2) is 0 Å². The molecule has 0 aliphatic carbocycles. The van der Waals surface area contributed by atoms with Crippen LogP contribution in [0.1, 0.15) is 52.0 Å². The second-order valence-corrected chi connectivity index (χ2v) is 9.57. The topological polar surface area (TPSA) is 46.6 Å². The van der Waals surface area contributed by atoms with Gasteiger partial charge in [-0.15, -0.1) is 0 Å². The van der Waals surface area contributed by atoms with Gasteiger partial charge in [0, 0.05) is 20.2 Å². The van der Waals surface area contributed by atoms with Crippen molar-refractivity contribution in [2.75, 3.05) is 20.2 Å². The summed E-state index contributed by atoms with van der Waals surface area (Å²) in [4.78, 5) is 0.381. The molecular formula is C19H31NO3S. The molecule has 2 unspecified atom stereocenters. The van der Waals surface area contributed by atoms with Gasteiger partial charge in [-0.1, -0.05) is 39.8 Å². The highest BCUT2D eigenvalue weighted by molar-refractivity contribution is 7.89. The summed E-state index contributed by atoms with van der Waals surface area (Å²) in [6.45, 7) is 9.60. The van der Waals surface area contributed by atoms with Gasteiger partial charge in [-0.25, -0.2) is 8.42 Å². The van der Waals surface area contributed by atoms with Crippen molar-refractivity contribution in [3.05, 3.63) is 29.8 Å². The molecule has 2 rings (SSSR count). The molecule has 1 fully saturated rings. The lowest BCUT2D eigenvalue weighted by Gasteiger charge is -2.37. The first-order valence-corrected chi connectivity index (χ1v) is 10.3. The number of nitrogens with zero attached hydrogens (tertiary/aromatic N) is 1. The molecule has 1 aromatic rings. The van der Waals surface area contributed by atoms with Gasteiger partial charge in [0.1, 0.15) is 0 Å². The normalized spacial score (nSPS) is 23.1. The summed E-state index contributed by atoms with van der Waals surface area (Å²) in [6, 6.07) is 7.30. The number of benzene rings is 1. The van der Waals surface area contributed by atoms with Crippen LogP contribution in [0.5, 0.6) is 0 Å². The van der Waals surface area contributed by atoms with E-state index in [0.717, 1.165) is 18.4 Å². The van der Waals surface area contributed by atoms with Gasteiger partial charge in [0.05, 0.1) is 11.0 Å².